The number of phenolic OH excluding ortho intramolecular Hbond substituents is 1. The number of carboxylic acids is 2. The number of carboxylic acid groups (broad SMARTS) is 2. The number of nitrogens with one attached hydrogen (secondary N) is 2. The number of nitrogens with two attached hydrogens (primary N) is 1. The number of amides is 3. The van der Waals surface area contributed by atoms with E-state index < -0.39 is 47.8 Å². The highest BCUT2D eigenvalue weighted by Crippen LogP contribution is 2.33. The Morgan fingerprint density at radius 1 is 0.923 bits per heavy atom. The maximum atomic E-state index is 13.0. The number of fused-ring (bicyclic) bond motifs is 1. The maximum absolute atomic E-state index is 13.0. The van der Waals surface area contributed by atoms with Crippen molar-refractivity contribution in [2.24, 2.45) is 5.73 Å². The van der Waals surface area contributed by atoms with Gasteiger partial charge in [-0.05, 0) is 68.1 Å². The Bertz CT molecular complexity index is 1220. The molecule has 0 aromatic heterocycles. The van der Waals surface area contributed by atoms with E-state index in [-0.39, 0.29) is 37.0 Å². The van der Waals surface area contributed by atoms with Crippen molar-refractivity contribution in [1.29, 1.82) is 0 Å². The molecule has 12 heteroatoms. The van der Waals surface area contributed by atoms with Crippen LogP contribution in [0.4, 0.5) is 5.69 Å². The molecule has 39 heavy (non-hydrogen) atoms. The zero-order chi connectivity index (χ0) is 28.5. The number of unbranched alkanes of at least 4 members (excludes halogenated alkanes) is 1. The largest absolute Gasteiger partial charge is 0.508 e. The summed E-state index contributed by atoms with van der Waals surface area (Å²) in [5.41, 5.74) is 6.89. The third-order valence-electron chi connectivity index (χ3n) is 6.49. The zero-order valence-corrected chi connectivity index (χ0v) is 21.2. The van der Waals surface area contributed by atoms with Crippen molar-refractivity contribution in [3.05, 3.63) is 59.7 Å². The molecule has 1 heterocycles. The summed E-state index contributed by atoms with van der Waals surface area (Å²) in [6, 6.07) is 8.57. The third-order valence-corrected chi connectivity index (χ3v) is 6.49. The standard InChI is InChI=1S/C27H32N4O8/c28-14-4-3-6-19(29-24(34)16-8-10-18(32)11-9-16)25(35)30-20(26(36)37)12-13-23(33)31-21-7-2-1-5-17(21)15-22(31)27(38)39/h1-2,5,7-11,19-20,22,32H,3-4,6,12-15,28H2,(H,29,34)(H,30,35)(H,36,37)(H,38,39)/t19-,20+,22-/m0/s1. The van der Waals surface area contributed by atoms with Crippen molar-refractivity contribution in [2.75, 3.05) is 11.4 Å². The van der Waals surface area contributed by atoms with E-state index in [2.05, 4.69) is 10.6 Å². The van der Waals surface area contributed by atoms with Gasteiger partial charge in [-0.15, -0.1) is 0 Å². The first kappa shape index (κ1) is 29.1. The number of aliphatic carboxylic acids is 2. The fourth-order valence-electron chi connectivity index (χ4n) is 4.43. The summed E-state index contributed by atoms with van der Waals surface area (Å²) in [6.07, 6.45) is 0.799. The van der Waals surface area contributed by atoms with Crippen molar-refractivity contribution in [1.82, 2.24) is 10.6 Å². The van der Waals surface area contributed by atoms with Gasteiger partial charge in [-0.3, -0.25) is 19.3 Å². The number of nitrogens with zero attached hydrogens (tertiary/aromatic N) is 1. The normalized spacial score (nSPS) is 15.6. The molecule has 7 N–H and O–H groups in total. The first-order chi connectivity index (χ1) is 18.6. The third kappa shape index (κ3) is 7.54. The van der Waals surface area contributed by atoms with E-state index in [0.717, 1.165) is 4.90 Å². The molecule has 0 radical (unpaired) electrons. The summed E-state index contributed by atoms with van der Waals surface area (Å²) in [6.45, 7) is 0.372. The summed E-state index contributed by atoms with van der Waals surface area (Å²) in [4.78, 5) is 63.6. The topological polar surface area (TPSA) is 199 Å². The highest BCUT2D eigenvalue weighted by atomic mass is 16.4. The van der Waals surface area contributed by atoms with E-state index >= 15 is 0 Å². The fraction of sp³-hybridized carbons (Fsp3) is 0.370. The average Bonchev–Trinajstić information content (AvgIpc) is 3.30. The van der Waals surface area contributed by atoms with E-state index in [1.165, 1.54) is 24.3 Å². The Labute approximate surface area is 224 Å². The van der Waals surface area contributed by atoms with Gasteiger partial charge in [0, 0.05) is 24.1 Å². The molecule has 0 saturated carbocycles. The molecule has 2 aromatic rings. The van der Waals surface area contributed by atoms with Crippen LogP contribution in [-0.2, 0) is 25.6 Å². The number of anilines is 1. The van der Waals surface area contributed by atoms with Crippen LogP contribution in [0.25, 0.3) is 0 Å². The molecule has 3 atom stereocenters. The minimum absolute atomic E-state index is 0.0327. The van der Waals surface area contributed by atoms with Crippen LogP contribution in [0.5, 0.6) is 5.75 Å². The predicted molar refractivity (Wildman–Crippen MR) is 140 cm³/mol. The Kier molecular flexibility index (Phi) is 9.98. The highest BCUT2D eigenvalue weighted by Gasteiger charge is 2.38. The number of para-hydroxylation sites is 1. The molecule has 1 aliphatic heterocycles. The van der Waals surface area contributed by atoms with Crippen molar-refractivity contribution in [2.45, 2.75) is 56.7 Å². The molecule has 3 amide bonds. The van der Waals surface area contributed by atoms with E-state index in [1.54, 1.807) is 24.3 Å². The summed E-state index contributed by atoms with van der Waals surface area (Å²) < 4.78 is 0. The predicted octanol–water partition coefficient (Wildman–Crippen LogP) is 1.01. The van der Waals surface area contributed by atoms with Gasteiger partial charge in [-0.2, -0.15) is 0 Å². The number of hydrogen-bond donors (Lipinski definition) is 6. The smallest absolute Gasteiger partial charge is 0.327 e. The van der Waals surface area contributed by atoms with Crippen LogP contribution in [-0.4, -0.2) is 69.7 Å². The molecular weight excluding hydrogens is 508 g/mol. The minimum Gasteiger partial charge on any atom is -0.508 e. The number of phenols is 1. The molecule has 0 aliphatic carbocycles. The zero-order valence-electron chi connectivity index (χ0n) is 21.2. The van der Waals surface area contributed by atoms with E-state index in [9.17, 15) is 39.3 Å². The van der Waals surface area contributed by atoms with Gasteiger partial charge < -0.3 is 31.7 Å². The van der Waals surface area contributed by atoms with E-state index in [4.69, 9.17) is 5.73 Å². The van der Waals surface area contributed by atoms with E-state index in [1.807, 2.05) is 0 Å². The lowest BCUT2D eigenvalue weighted by atomic mass is 10.1. The summed E-state index contributed by atoms with van der Waals surface area (Å²) in [5.74, 6) is -4.49. The number of carbonyl (C=O) groups is 5. The first-order valence-corrected chi connectivity index (χ1v) is 12.6. The van der Waals surface area contributed by atoms with Gasteiger partial charge in [-0.25, -0.2) is 9.59 Å². The van der Waals surface area contributed by atoms with Crippen LogP contribution in [0.2, 0.25) is 0 Å². The Hall–Kier alpha value is -4.45. The molecule has 2 aromatic carbocycles. The van der Waals surface area contributed by atoms with Gasteiger partial charge in [0.15, 0.2) is 0 Å². The fourth-order valence-corrected chi connectivity index (χ4v) is 4.43. The van der Waals surface area contributed by atoms with Crippen molar-refractivity contribution >= 4 is 35.3 Å². The lowest BCUT2D eigenvalue weighted by Gasteiger charge is -2.24. The van der Waals surface area contributed by atoms with Crippen LogP contribution in [0, 0.1) is 0 Å². The molecular formula is C27H32N4O8. The monoisotopic (exact) mass is 540 g/mol. The Morgan fingerprint density at radius 3 is 2.26 bits per heavy atom. The summed E-state index contributed by atoms with van der Waals surface area (Å²) in [5, 5.41) is 33.7. The van der Waals surface area contributed by atoms with Crippen LogP contribution < -0.4 is 21.3 Å². The molecule has 3 rings (SSSR count). The van der Waals surface area contributed by atoms with Crippen LogP contribution in [0.3, 0.4) is 0 Å². The first-order valence-electron chi connectivity index (χ1n) is 12.6. The van der Waals surface area contributed by atoms with E-state index in [0.29, 0.717) is 30.6 Å². The lowest BCUT2D eigenvalue weighted by Crippen LogP contribution is -2.52. The second-order valence-electron chi connectivity index (χ2n) is 9.25. The van der Waals surface area contributed by atoms with Crippen LogP contribution >= 0.6 is 0 Å². The molecule has 0 fully saturated rings. The molecule has 1 aliphatic rings. The SMILES string of the molecule is NCCCC[C@H](NC(=O)c1ccc(O)cc1)C(=O)N[C@H](CCC(=O)N1c2ccccc2C[C@H]1C(=O)O)C(=O)O. The van der Waals surface area contributed by atoms with Crippen molar-refractivity contribution in [3.63, 3.8) is 0 Å². The average molecular weight is 541 g/mol. The minimum atomic E-state index is -1.45. The van der Waals surface area contributed by atoms with Crippen LogP contribution in [0.15, 0.2) is 48.5 Å². The number of hydrogen-bond acceptors (Lipinski definition) is 7. The van der Waals surface area contributed by atoms with Gasteiger partial charge in [0.1, 0.15) is 23.9 Å². The summed E-state index contributed by atoms with van der Waals surface area (Å²) >= 11 is 0. The van der Waals surface area contributed by atoms with Gasteiger partial charge in [0.05, 0.1) is 0 Å². The second kappa shape index (κ2) is 13.4. The number of aromatic hydroxyl groups is 1. The second-order valence-corrected chi connectivity index (χ2v) is 9.25. The van der Waals surface area contributed by atoms with Gasteiger partial charge in [0.2, 0.25) is 11.8 Å². The lowest BCUT2D eigenvalue weighted by molar-refractivity contribution is -0.143. The molecule has 0 spiro atoms. The van der Waals surface area contributed by atoms with Crippen molar-refractivity contribution in [3.8, 4) is 5.75 Å². The van der Waals surface area contributed by atoms with Gasteiger partial charge in [-0.1, -0.05) is 18.2 Å². The molecule has 208 valence electrons. The molecule has 0 bridgehead atoms. The Balaban J connectivity index is 1.68. The molecule has 12 nitrogen and oxygen atoms in total. The highest BCUT2D eigenvalue weighted by molar-refractivity contribution is 6.02. The number of rotatable bonds is 13. The maximum Gasteiger partial charge on any atom is 0.327 e. The quantitative estimate of drug-likeness (QED) is 0.201. The number of benzene rings is 2. The van der Waals surface area contributed by atoms with Crippen LogP contribution in [0.1, 0.15) is 48.0 Å². The molecule has 0 saturated heterocycles. The Morgan fingerprint density at radius 2 is 1.62 bits per heavy atom. The van der Waals surface area contributed by atoms with Gasteiger partial charge >= 0.3 is 11.9 Å². The van der Waals surface area contributed by atoms with Crippen molar-refractivity contribution < 1.29 is 39.3 Å². The molecule has 0 unspecified atom stereocenters. The van der Waals surface area contributed by atoms with Gasteiger partial charge in [0.25, 0.3) is 5.91 Å². The summed E-state index contributed by atoms with van der Waals surface area (Å²) in [7, 11) is 0. The number of carbonyl (C=O) groups excluding carboxylic acids is 3.